The van der Waals surface area contributed by atoms with Crippen LogP contribution in [0.3, 0.4) is 0 Å². The maximum Gasteiger partial charge on any atom is 0.243 e. The second-order valence-corrected chi connectivity index (χ2v) is 6.78. The minimum Gasteiger partial charge on any atom is -0.376 e. The van der Waals surface area contributed by atoms with E-state index in [1.54, 1.807) is 0 Å². The Kier molecular flexibility index (Phi) is 7.52. The van der Waals surface area contributed by atoms with Gasteiger partial charge in [-0.25, -0.2) is 0 Å². The maximum absolute atomic E-state index is 12.2. The summed E-state index contributed by atoms with van der Waals surface area (Å²) in [6.45, 7) is 7.48. The van der Waals surface area contributed by atoms with Crippen molar-refractivity contribution in [2.24, 2.45) is 0 Å². The van der Waals surface area contributed by atoms with Gasteiger partial charge in [0.1, 0.15) is 0 Å². The average Bonchev–Trinajstić information content (AvgIpc) is 2.58. The van der Waals surface area contributed by atoms with Crippen LogP contribution in [-0.2, 0) is 11.3 Å². The number of hydrogen-bond donors (Lipinski definition) is 2. The van der Waals surface area contributed by atoms with E-state index < -0.39 is 0 Å². The quantitative estimate of drug-likeness (QED) is 0.609. The van der Waals surface area contributed by atoms with Crippen molar-refractivity contribution in [3.63, 3.8) is 0 Å². The van der Waals surface area contributed by atoms with E-state index in [2.05, 4.69) is 58.0 Å². The molecule has 4 nitrogen and oxygen atoms in total. The van der Waals surface area contributed by atoms with Crippen LogP contribution in [-0.4, -0.2) is 30.4 Å². The van der Waals surface area contributed by atoms with Crippen molar-refractivity contribution in [3.05, 3.63) is 57.7 Å². The topological polar surface area (TPSA) is 44.4 Å². The first-order valence-corrected chi connectivity index (χ1v) is 9.29. The Morgan fingerprint density at radius 3 is 2.54 bits per heavy atom. The molecule has 0 aliphatic carbocycles. The van der Waals surface area contributed by atoms with Crippen molar-refractivity contribution < 1.29 is 4.79 Å². The monoisotopic (exact) mass is 437 g/mol. The van der Waals surface area contributed by atoms with Crippen LogP contribution < -0.4 is 10.6 Å². The Balaban J connectivity index is 1.95. The SMILES string of the molecule is CCN(CC)Cc1ccccc1NCC(=O)Nc1cccc(I)c1. The van der Waals surface area contributed by atoms with Crippen LogP contribution >= 0.6 is 22.6 Å². The highest BCUT2D eigenvalue weighted by molar-refractivity contribution is 14.1. The van der Waals surface area contributed by atoms with Crippen LogP contribution in [0, 0.1) is 3.57 Å². The molecule has 0 bridgehead atoms. The van der Waals surface area contributed by atoms with Gasteiger partial charge < -0.3 is 10.6 Å². The molecule has 2 aromatic carbocycles. The van der Waals surface area contributed by atoms with E-state index in [0.29, 0.717) is 0 Å². The lowest BCUT2D eigenvalue weighted by molar-refractivity contribution is -0.114. The highest BCUT2D eigenvalue weighted by atomic mass is 127. The predicted molar refractivity (Wildman–Crippen MR) is 109 cm³/mol. The summed E-state index contributed by atoms with van der Waals surface area (Å²) in [5.74, 6) is -0.0466. The average molecular weight is 437 g/mol. The number of benzene rings is 2. The summed E-state index contributed by atoms with van der Waals surface area (Å²) in [6.07, 6.45) is 0. The van der Waals surface area contributed by atoms with E-state index >= 15 is 0 Å². The minimum absolute atomic E-state index is 0.0466. The summed E-state index contributed by atoms with van der Waals surface area (Å²) in [5.41, 5.74) is 3.05. The molecule has 0 aromatic heterocycles. The summed E-state index contributed by atoms with van der Waals surface area (Å²) < 4.78 is 1.10. The fourth-order valence-electron chi connectivity index (χ4n) is 2.47. The van der Waals surface area contributed by atoms with E-state index in [9.17, 15) is 4.79 Å². The van der Waals surface area contributed by atoms with Crippen LogP contribution in [0.2, 0.25) is 0 Å². The zero-order chi connectivity index (χ0) is 17.4. The first-order valence-electron chi connectivity index (χ1n) is 8.22. The lowest BCUT2D eigenvalue weighted by atomic mass is 10.1. The molecule has 0 aliphatic rings. The molecular weight excluding hydrogens is 413 g/mol. The third-order valence-electron chi connectivity index (χ3n) is 3.85. The van der Waals surface area contributed by atoms with Crippen LogP contribution in [0.1, 0.15) is 19.4 Å². The van der Waals surface area contributed by atoms with Gasteiger partial charge in [0, 0.05) is 21.5 Å². The summed E-state index contributed by atoms with van der Waals surface area (Å²) in [4.78, 5) is 14.5. The number of carbonyl (C=O) groups is 1. The van der Waals surface area contributed by atoms with Gasteiger partial charge in [-0.1, -0.05) is 38.1 Å². The number of rotatable bonds is 8. The number of halogens is 1. The van der Waals surface area contributed by atoms with Crippen LogP contribution in [0.15, 0.2) is 48.5 Å². The van der Waals surface area contributed by atoms with E-state index in [0.717, 1.165) is 34.6 Å². The third kappa shape index (κ3) is 5.79. The van der Waals surface area contributed by atoms with Crippen molar-refractivity contribution in [2.75, 3.05) is 30.3 Å². The lowest BCUT2D eigenvalue weighted by Gasteiger charge is -2.20. The largest absolute Gasteiger partial charge is 0.376 e. The summed E-state index contributed by atoms with van der Waals surface area (Å²) in [6, 6.07) is 15.9. The molecule has 0 unspecified atom stereocenters. The highest BCUT2D eigenvalue weighted by Crippen LogP contribution is 2.17. The smallest absolute Gasteiger partial charge is 0.243 e. The number of hydrogen-bond acceptors (Lipinski definition) is 3. The Hall–Kier alpha value is -1.60. The van der Waals surface area contributed by atoms with E-state index in [-0.39, 0.29) is 12.5 Å². The third-order valence-corrected chi connectivity index (χ3v) is 4.52. The molecule has 0 aliphatic heterocycles. The maximum atomic E-state index is 12.2. The van der Waals surface area contributed by atoms with Gasteiger partial charge in [-0.15, -0.1) is 0 Å². The fourth-order valence-corrected chi connectivity index (χ4v) is 3.01. The number of anilines is 2. The summed E-state index contributed by atoms with van der Waals surface area (Å²) in [5, 5.41) is 6.18. The van der Waals surface area contributed by atoms with Gasteiger partial charge >= 0.3 is 0 Å². The molecule has 0 radical (unpaired) electrons. The zero-order valence-corrected chi connectivity index (χ0v) is 16.3. The number of amides is 1. The second kappa shape index (κ2) is 9.64. The first-order chi connectivity index (χ1) is 11.6. The van der Waals surface area contributed by atoms with Crippen molar-refractivity contribution >= 4 is 39.9 Å². The molecule has 128 valence electrons. The molecule has 0 spiro atoms. The lowest BCUT2D eigenvalue weighted by Crippen LogP contribution is -2.25. The van der Waals surface area contributed by atoms with Gasteiger partial charge in [0.05, 0.1) is 6.54 Å². The predicted octanol–water partition coefficient (Wildman–Crippen LogP) is 4.18. The van der Waals surface area contributed by atoms with Gasteiger partial charge in [0.2, 0.25) is 5.91 Å². The Bertz CT molecular complexity index is 671. The van der Waals surface area contributed by atoms with Gasteiger partial charge in [-0.2, -0.15) is 0 Å². The fraction of sp³-hybridized carbons (Fsp3) is 0.316. The van der Waals surface area contributed by atoms with Gasteiger partial charge in [-0.3, -0.25) is 9.69 Å². The van der Waals surface area contributed by atoms with Gasteiger partial charge in [-0.05, 0) is 65.5 Å². The highest BCUT2D eigenvalue weighted by Gasteiger charge is 2.08. The minimum atomic E-state index is -0.0466. The Labute approximate surface area is 157 Å². The van der Waals surface area contributed by atoms with Gasteiger partial charge in [0.25, 0.3) is 0 Å². The Morgan fingerprint density at radius 1 is 1.08 bits per heavy atom. The van der Waals surface area contributed by atoms with Crippen molar-refractivity contribution in [1.29, 1.82) is 0 Å². The molecule has 24 heavy (non-hydrogen) atoms. The van der Waals surface area contributed by atoms with Crippen molar-refractivity contribution in [1.82, 2.24) is 4.90 Å². The molecule has 0 atom stereocenters. The molecular formula is C19H24IN3O. The standard InChI is InChI=1S/C19H24IN3O/c1-3-23(4-2)14-15-8-5-6-11-18(15)21-13-19(24)22-17-10-7-9-16(20)12-17/h5-12,21H,3-4,13-14H2,1-2H3,(H,22,24). The number of para-hydroxylation sites is 1. The Morgan fingerprint density at radius 2 is 1.83 bits per heavy atom. The van der Waals surface area contributed by atoms with Crippen LogP contribution in [0.25, 0.3) is 0 Å². The molecule has 0 saturated carbocycles. The molecule has 2 rings (SSSR count). The van der Waals surface area contributed by atoms with Crippen LogP contribution in [0.4, 0.5) is 11.4 Å². The number of nitrogens with zero attached hydrogens (tertiary/aromatic N) is 1. The molecule has 0 heterocycles. The summed E-state index contributed by atoms with van der Waals surface area (Å²) in [7, 11) is 0. The molecule has 5 heteroatoms. The molecule has 0 saturated heterocycles. The van der Waals surface area contributed by atoms with Crippen LogP contribution in [0.5, 0.6) is 0 Å². The van der Waals surface area contributed by atoms with E-state index in [4.69, 9.17) is 0 Å². The molecule has 0 fully saturated rings. The zero-order valence-electron chi connectivity index (χ0n) is 14.2. The number of nitrogens with one attached hydrogen (secondary N) is 2. The van der Waals surface area contributed by atoms with Gasteiger partial charge in [0.15, 0.2) is 0 Å². The molecule has 2 N–H and O–H groups in total. The summed E-state index contributed by atoms with van der Waals surface area (Å²) >= 11 is 2.23. The second-order valence-electron chi connectivity index (χ2n) is 5.53. The molecule has 2 aromatic rings. The first kappa shape index (κ1) is 18.7. The normalized spacial score (nSPS) is 10.7. The number of carbonyl (C=O) groups excluding carboxylic acids is 1. The van der Waals surface area contributed by atoms with Crippen molar-refractivity contribution in [2.45, 2.75) is 20.4 Å². The molecule has 1 amide bonds. The van der Waals surface area contributed by atoms with E-state index in [1.807, 2.05) is 42.5 Å². The van der Waals surface area contributed by atoms with Crippen molar-refractivity contribution in [3.8, 4) is 0 Å². The van der Waals surface area contributed by atoms with E-state index in [1.165, 1.54) is 5.56 Å².